The van der Waals surface area contributed by atoms with Gasteiger partial charge in [0.05, 0.1) is 11.8 Å². The third kappa shape index (κ3) is 3.09. The number of allylic oxidation sites excluding steroid dienone is 2. The van der Waals surface area contributed by atoms with Crippen molar-refractivity contribution in [3.8, 4) is 11.5 Å². The summed E-state index contributed by atoms with van der Waals surface area (Å²) in [5.74, 6) is 0.270. The molecule has 2 fully saturated rings. The average molecular weight is 403 g/mol. The minimum Gasteiger partial charge on any atom is -0.481 e. The van der Waals surface area contributed by atoms with E-state index in [9.17, 15) is 14.7 Å². The van der Waals surface area contributed by atoms with Gasteiger partial charge < -0.3 is 15.2 Å². The van der Waals surface area contributed by atoms with Crippen LogP contribution in [0, 0.1) is 49.4 Å². The third-order valence-electron chi connectivity index (χ3n) is 6.99. The molecule has 5 nitrogen and oxygen atoms in total. The molecule has 6 atom stereocenters. The van der Waals surface area contributed by atoms with Crippen molar-refractivity contribution in [3.63, 3.8) is 0 Å². The smallest absolute Gasteiger partial charge is 0.307 e. The first-order chi connectivity index (χ1) is 14.4. The molecule has 6 rings (SSSR count). The highest BCUT2D eigenvalue weighted by atomic mass is 16.5. The molecule has 0 radical (unpaired) electrons. The van der Waals surface area contributed by atoms with Crippen LogP contribution in [-0.2, 0) is 9.59 Å². The molecule has 5 heteroatoms. The van der Waals surface area contributed by atoms with Crippen LogP contribution in [0.4, 0.5) is 5.69 Å². The maximum absolute atomic E-state index is 13.1. The maximum Gasteiger partial charge on any atom is 0.307 e. The van der Waals surface area contributed by atoms with Crippen LogP contribution in [-0.4, -0.2) is 17.0 Å². The van der Waals surface area contributed by atoms with Crippen LogP contribution in [0.15, 0.2) is 54.6 Å². The summed E-state index contributed by atoms with van der Waals surface area (Å²) in [6, 6.07) is 13.2. The lowest BCUT2D eigenvalue weighted by Crippen LogP contribution is -2.48. The molecule has 0 aliphatic heterocycles. The predicted octanol–water partition coefficient (Wildman–Crippen LogP) is 4.80. The van der Waals surface area contributed by atoms with Crippen LogP contribution < -0.4 is 10.1 Å². The predicted molar refractivity (Wildman–Crippen MR) is 113 cm³/mol. The number of ether oxygens (including phenoxy) is 1. The summed E-state index contributed by atoms with van der Waals surface area (Å²) < 4.78 is 6.03. The van der Waals surface area contributed by atoms with Crippen molar-refractivity contribution in [3.05, 3.63) is 65.7 Å². The molecule has 2 aromatic rings. The van der Waals surface area contributed by atoms with Crippen molar-refractivity contribution >= 4 is 17.6 Å². The number of carboxylic acids is 1. The molecule has 0 aromatic heterocycles. The number of hydrogen-bond acceptors (Lipinski definition) is 3. The fraction of sp³-hybridized carbons (Fsp3) is 0.360. The summed E-state index contributed by atoms with van der Waals surface area (Å²) in [6.07, 6.45) is 5.14. The van der Waals surface area contributed by atoms with Gasteiger partial charge in [0.1, 0.15) is 11.5 Å². The number of aryl methyl sites for hydroxylation is 2. The molecule has 0 unspecified atom stereocenters. The minimum absolute atomic E-state index is 0.0126. The van der Waals surface area contributed by atoms with E-state index in [1.54, 1.807) is 12.1 Å². The molecule has 2 bridgehead atoms. The Hall–Kier alpha value is -3.08. The van der Waals surface area contributed by atoms with E-state index in [0.29, 0.717) is 23.3 Å². The first-order valence-electron chi connectivity index (χ1n) is 10.5. The SMILES string of the molecule is Cc1cccc(C)c1Oc1ccc(NC(=O)[C@@H]2[C@H]3C=C[C@@H]([C@@H]4C[C@H]34)[C@@H]2C(=O)O)cc1. The van der Waals surface area contributed by atoms with Gasteiger partial charge in [0, 0.05) is 5.69 Å². The number of carbonyl (C=O) groups excluding carboxylic acids is 1. The van der Waals surface area contributed by atoms with Crippen LogP contribution in [0.25, 0.3) is 0 Å². The van der Waals surface area contributed by atoms with E-state index in [2.05, 4.69) is 11.4 Å². The number of aliphatic carboxylic acids is 1. The van der Waals surface area contributed by atoms with Gasteiger partial charge >= 0.3 is 5.97 Å². The Balaban J connectivity index is 1.31. The Morgan fingerprint density at radius 3 is 2.13 bits per heavy atom. The second-order valence-corrected chi connectivity index (χ2v) is 8.83. The summed E-state index contributed by atoms with van der Waals surface area (Å²) >= 11 is 0. The number of benzene rings is 2. The zero-order valence-electron chi connectivity index (χ0n) is 17.0. The lowest BCUT2D eigenvalue weighted by molar-refractivity contribution is -0.152. The second kappa shape index (κ2) is 7.01. The van der Waals surface area contributed by atoms with Crippen molar-refractivity contribution in [2.75, 3.05) is 5.32 Å². The lowest BCUT2D eigenvalue weighted by Gasteiger charge is -2.41. The van der Waals surface area contributed by atoms with Crippen molar-refractivity contribution < 1.29 is 19.4 Å². The first kappa shape index (κ1) is 18.9. The quantitative estimate of drug-likeness (QED) is 0.703. The Labute approximate surface area is 175 Å². The summed E-state index contributed by atoms with van der Waals surface area (Å²) in [5.41, 5.74) is 2.77. The molecule has 2 aromatic carbocycles. The minimum atomic E-state index is -0.864. The number of nitrogens with one attached hydrogen (secondary N) is 1. The molecule has 2 saturated carbocycles. The van der Waals surface area contributed by atoms with Crippen LogP contribution in [0.5, 0.6) is 11.5 Å². The summed E-state index contributed by atoms with van der Waals surface area (Å²) in [4.78, 5) is 25.0. The van der Waals surface area contributed by atoms with Crippen molar-refractivity contribution in [1.29, 1.82) is 0 Å². The van der Waals surface area contributed by atoms with Gasteiger partial charge in [0.15, 0.2) is 0 Å². The monoisotopic (exact) mass is 403 g/mol. The molecule has 1 amide bonds. The molecule has 4 aliphatic carbocycles. The lowest BCUT2D eigenvalue weighted by atomic mass is 9.62. The van der Waals surface area contributed by atoms with Crippen LogP contribution in [0.1, 0.15) is 17.5 Å². The molecule has 154 valence electrons. The van der Waals surface area contributed by atoms with Gasteiger partial charge in [-0.2, -0.15) is 0 Å². The Kier molecular flexibility index (Phi) is 4.42. The van der Waals surface area contributed by atoms with Gasteiger partial charge in [0.25, 0.3) is 0 Å². The third-order valence-corrected chi connectivity index (χ3v) is 6.99. The van der Waals surface area contributed by atoms with Crippen molar-refractivity contribution in [2.45, 2.75) is 20.3 Å². The number of fused-ring (bicyclic) bond motifs is 1. The van der Waals surface area contributed by atoms with Crippen molar-refractivity contribution in [1.82, 2.24) is 0 Å². The van der Waals surface area contributed by atoms with Gasteiger partial charge in [-0.3, -0.25) is 9.59 Å². The number of hydrogen-bond donors (Lipinski definition) is 2. The van der Waals surface area contributed by atoms with E-state index < -0.39 is 17.8 Å². The van der Waals surface area contributed by atoms with Crippen molar-refractivity contribution in [2.24, 2.45) is 35.5 Å². The summed E-state index contributed by atoms with van der Waals surface area (Å²) in [5, 5.41) is 12.7. The van der Waals surface area contributed by atoms with E-state index in [-0.39, 0.29) is 17.7 Å². The molecule has 0 saturated heterocycles. The van der Waals surface area contributed by atoms with E-state index in [1.165, 1.54) is 0 Å². The molecule has 2 N–H and O–H groups in total. The Bertz CT molecular complexity index is 1020. The highest BCUT2D eigenvalue weighted by Gasteiger charge is 2.62. The zero-order chi connectivity index (χ0) is 21.0. The summed E-state index contributed by atoms with van der Waals surface area (Å²) in [6.45, 7) is 4.01. The first-order valence-corrected chi connectivity index (χ1v) is 10.5. The van der Waals surface area contributed by atoms with Gasteiger partial charge in [-0.25, -0.2) is 0 Å². The van der Waals surface area contributed by atoms with E-state index in [0.717, 1.165) is 23.3 Å². The van der Waals surface area contributed by atoms with E-state index in [1.807, 2.05) is 50.3 Å². The zero-order valence-corrected chi connectivity index (χ0v) is 17.0. The number of carbonyl (C=O) groups is 2. The highest BCUT2D eigenvalue weighted by Crippen LogP contribution is 2.63. The summed E-state index contributed by atoms with van der Waals surface area (Å²) in [7, 11) is 0. The van der Waals surface area contributed by atoms with E-state index in [4.69, 9.17) is 4.74 Å². The molecule has 30 heavy (non-hydrogen) atoms. The molecular formula is C25H25NO4. The second-order valence-electron chi connectivity index (χ2n) is 8.83. The van der Waals surface area contributed by atoms with Crippen LogP contribution >= 0.6 is 0 Å². The molecule has 4 aliphatic rings. The van der Waals surface area contributed by atoms with Crippen LogP contribution in [0.3, 0.4) is 0 Å². The van der Waals surface area contributed by atoms with Gasteiger partial charge in [-0.05, 0) is 79.3 Å². The fourth-order valence-electron chi connectivity index (χ4n) is 5.48. The Morgan fingerprint density at radius 2 is 1.53 bits per heavy atom. The van der Waals surface area contributed by atoms with Crippen LogP contribution in [0.2, 0.25) is 0 Å². The molecule has 0 spiro atoms. The number of rotatable bonds is 5. The number of carboxylic acid groups (broad SMARTS) is 1. The molecule has 0 heterocycles. The van der Waals surface area contributed by atoms with Gasteiger partial charge in [-0.1, -0.05) is 30.4 Å². The molecular weight excluding hydrogens is 378 g/mol. The average Bonchev–Trinajstić information content (AvgIpc) is 3.54. The Morgan fingerprint density at radius 1 is 0.933 bits per heavy atom. The number of amides is 1. The van der Waals surface area contributed by atoms with Gasteiger partial charge in [-0.15, -0.1) is 0 Å². The number of anilines is 1. The normalized spacial score (nSPS) is 30.5. The largest absolute Gasteiger partial charge is 0.481 e. The van der Waals surface area contributed by atoms with E-state index >= 15 is 0 Å². The number of para-hydroxylation sites is 1. The maximum atomic E-state index is 13.1. The standard InChI is InChI=1S/C25H25NO4/c1-13-4-3-5-14(2)23(13)30-16-8-6-15(7-9-16)26-24(27)21-17-10-11-18(20-12-19(17)20)22(21)25(28)29/h3-11,17-22H,12H2,1-2H3,(H,26,27)(H,28,29)/t17-,18-,19+,20-,21+,22-/m0/s1. The highest BCUT2D eigenvalue weighted by molar-refractivity contribution is 5.96. The topological polar surface area (TPSA) is 75.6 Å². The van der Waals surface area contributed by atoms with Gasteiger partial charge in [0.2, 0.25) is 5.91 Å². The fourth-order valence-corrected chi connectivity index (χ4v) is 5.48.